The van der Waals surface area contributed by atoms with Crippen LogP contribution in [0.15, 0.2) is 30.3 Å². The van der Waals surface area contributed by atoms with Crippen LogP contribution in [0, 0.1) is 0 Å². The molecule has 0 unspecified atom stereocenters. The molecular weight excluding hydrogens is 390 g/mol. The lowest BCUT2D eigenvalue weighted by Gasteiger charge is -2.22. The molecule has 5 nitrogen and oxygen atoms in total. The summed E-state index contributed by atoms with van der Waals surface area (Å²) in [4.78, 5) is 24.4. The standard InChI is InChI=1S/C26H43NO4/c1-3-4-5-6-7-8-9-10-11-12-13-14-18-21-23(28)24(26(30)31-2)27-25(29)22-19-16-15-17-20-22/h15-17,19-20,23-24,28H,3-14,18,21H2,1-2H3,(H,27,29)/t23-,24+/m1/s1. The third-order valence-corrected chi connectivity index (χ3v) is 5.77. The highest BCUT2D eigenvalue weighted by Gasteiger charge is 2.29. The first kappa shape index (κ1) is 27.2. The number of methoxy groups -OCH3 is 1. The molecule has 1 amide bonds. The fourth-order valence-corrected chi connectivity index (χ4v) is 3.79. The lowest BCUT2D eigenvalue weighted by Crippen LogP contribution is -2.49. The van der Waals surface area contributed by atoms with Gasteiger partial charge in [0, 0.05) is 5.56 Å². The van der Waals surface area contributed by atoms with Gasteiger partial charge in [-0.15, -0.1) is 0 Å². The van der Waals surface area contributed by atoms with Crippen molar-refractivity contribution in [3.63, 3.8) is 0 Å². The maximum Gasteiger partial charge on any atom is 0.331 e. The van der Waals surface area contributed by atoms with E-state index in [4.69, 9.17) is 4.74 Å². The molecule has 5 heteroatoms. The zero-order valence-electron chi connectivity index (χ0n) is 19.6. The van der Waals surface area contributed by atoms with Crippen molar-refractivity contribution in [2.24, 2.45) is 0 Å². The predicted octanol–water partition coefficient (Wildman–Crippen LogP) is 5.80. The monoisotopic (exact) mass is 433 g/mol. The number of esters is 1. The highest BCUT2D eigenvalue weighted by atomic mass is 16.5. The zero-order chi connectivity index (χ0) is 22.7. The van der Waals surface area contributed by atoms with Crippen molar-refractivity contribution in [1.82, 2.24) is 5.32 Å². The van der Waals surface area contributed by atoms with E-state index in [1.807, 2.05) is 6.07 Å². The Kier molecular flexibility index (Phi) is 15.6. The lowest BCUT2D eigenvalue weighted by molar-refractivity contribution is -0.146. The Labute approximate surface area is 189 Å². The second kappa shape index (κ2) is 17.8. The molecule has 31 heavy (non-hydrogen) atoms. The molecular formula is C26H43NO4. The van der Waals surface area contributed by atoms with E-state index in [1.165, 1.54) is 71.3 Å². The first-order chi connectivity index (χ1) is 15.1. The van der Waals surface area contributed by atoms with Crippen molar-refractivity contribution >= 4 is 11.9 Å². The molecule has 0 fully saturated rings. The van der Waals surface area contributed by atoms with E-state index in [-0.39, 0.29) is 5.91 Å². The minimum atomic E-state index is -1.05. The van der Waals surface area contributed by atoms with Gasteiger partial charge in [-0.2, -0.15) is 0 Å². The third kappa shape index (κ3) is 12.5. The van der Waals surface area contributed by atoms with Crippen molar-refractivity contribution in [3.05, 3.63) is 35.9 Å². The molecule has 176 valence electrons. The molecule has 0 aliphatic rings. The maximum absolute atomic E-state index is 12.3. The van der Waals surface area contributed by atoms with Gasteiger partial charge in [0.25, 0.3) is 5.91 Å². The number of amides is 1. The van der Waals surface area contributed by atoms with Gasteiger partial charge in [0.1, 0.15) is 0 Å². The number of rotatable bonds is 18. The van der Waals surface area contributed by atoms with Crippen LogP contribution in [0.4, 0.5) is 0 Å². The summed E-state index contributed by atoms with van der Waals surface area (Å²) in [6, 6.07) is 7.62. The Balaban J connectivity index is 2.17. The summed E-state index contributed by atoms with van der Waals surface area (Å²) in [7, 11) is 1.27. The van der Waals surface area contributed by atoms with Crippen molar-refractivity contribution in [2.45, 2.75) is 109 Å². The molecule has 0 aliphatic carbocycles. The number of nitrogens with one attached hydrogen (secondary N) is 1. The van der Waals surface area contributed by atoms with Gasteiger partial charge in [-0.1, -0.05) is 109 Å². The summed E-state index contributed by atoms with van der Waals surface area (Å²) in [6.45, 7) is 2.25. The largest absolute Gasteiger partial charge is 0.467 e. The smallest absolute Gasteiger partial charge is 0.331 e. The van der Waals surface area contributed by atoms with Crippen LogP contribution in [0.1, 0.15) is 107 Å². The molecule has 2 atom stereocenters. The molecule has 0 aromatic heterocycles. The number of aliphatic hydroxyl groups is 1. The Morgan fingerprint density at radius 1 is 0.839 bits per heavy atom. The first-order valence-corrected chi connectivity index (χ1v) is 12.2. The first-order valence-electron chi connectivity index (χ1n) is 12.2. The average Bonchev–Trinajstić information content (AvgIpc) is 2.80. The van der Waals surface area contributed by atoms with Crippen LogP contribution >= 0.6 is 0 Å². The number of carbonyl (C=O) groups excluding carboxylic acids is 2. The van der Waals surface area contributed by atoms with E-state index < -0.39 is 18.1 Å². The summed E-state index contributed by atoms with van der Waals surface area (Å²) >= 11 is 0. The molecule has 1 rings (SSSR count). The predicted molar refractivity (Wildman–Crippen MR) is 126 cm³/mol. The summed E-state index contributed by atoms with van der Waals surface area (Å²) in [6.07, 6.45) is 15.8. The molecule has 0 heterocycles. The zero-order valence-corrected chi connectivity index (χ0v) is 19.6. The van der Waals surface area contributed by atoms with Gasteiger partial charge in [-0.05, 0) is 18.6 Å². The second-order valence-corrected chi connectivity index (χ2v) is 8.44. The lowest BCUT2D eigenvalue weighted by atomic mass is 10.0. The number of unbranched alkanes of at least 4 members (excludes halogenated alkanes) is 12. The van der Waals surface area contributed by atoms with Gasteiger partial charge in [0.2, 0.25) is 0 Å². The molecule has 0 spiro atoms. The molecule has 0 aliphatic heterocycles. The Bertz CT molecular complexity index is 590. The van der Waals surface area contributed by atoms with Crippen LogP contribution in [0.5, 0.6) is 0 Å². The van der Waals surface area contributed by atoms with E-state index in [9.17, 15) is 14.7 Å². The van der Waals surface area contributed by atoms with Crippen molar-refractivity contribution in [3.8, 4) is 0 Å². The second-order valence-electron chi connectivity index (χ2n) is 8.44. The Morgan fingerprint density at radius 2 is 1.32 bits per heavy atom. The van der Waals surface area contributed by atoms with E-state index in [0.29, 0.717) is 12.0 Å². The molecule has 0 saturated carbocycles. The minimum Gasteiger partial charge on any atom is -0.467 e. The normalized spacial score (nSPS) is 12.9. The summed E-state index contributed by atoms with van der Waals surface area (Å²) in [5.74, 6) is -1.01. The average molecular weight is 434 g/mol. The quantitative estimate of drug-likeness (QED) is 0.227. The Hall–Kier alpha value is -1.88. The van der Waals surface area contributed by atoms with E-state index in [2.05, 4.69) is 12.2 Å². The summed E-state index contributed by atoms with van der Waals surface area (Å²) in [5.41, 5.74) is 0.449. The van der Waals surface area contributed by atoms with Crippen LogP contribution in [0.2, 0.25) is 0 Å². The van der Waals surface area contributed by atoms with Crippen molar-refractivity contribution < 1.29 is 19.4 Å². The van der Waals surface area contributed by atoms with Crippen LogP contribution in [0.3, 0.4) is 0 Å². The van der Waals surface area contributed by atoms with Crippen LogP contribution < -0.4 is 5.32 Å². The number of aliphatic hydroxyl groups excluding tert-OH is 1. The number of hydrogen-bond acceptors (Lipinski definition) is 4. The highest BCUT2D eigenvalue weighted by molar-refractivity contribution is 5.96. The number of hydrogen-bond donors (Lipinski definition) is 2. The summed E-state index contributed by atoms with van der Waals surface area (Å²) in [5, 5.41) is 13.1. The molecule has 0 bridgehead atoms. The molecule has 2 N–H and O–H groups in total. The van der Waals surface area contributed by atoms with Crippen molar-refractivity contribution in [1.29, 1.82) is 0 Å². The minimum absolute atomic E-state index is 0.389. The molecule has 1 aromatic carbocycles. The van der Waals surface area contributed by atoms with E-state index >= 15 is 0 Å². The highest BCUT2D eigenvalue weighted by Crippen LogP contribution is 2.14. The van der Waals surface area contributed by atoms with Gasteiger partial charge < -0.3 is 15.2 Å². The van der Waals surface area contributed by atoms with Gasteiger partial charge in [-0.3, -0.25) is 4.79 Å². The molecule has 0 saturated heterocycles. The van der Waals surface area contributed by atoms with E-state index in [0.717, 1.165) is 19.3 Å². The fraction of sp³-hybridized carbons (Fsp3) is 0.692. The number of ether oxygens (including phenoxy) is 1. The SMILES string of the molecule is CCCCCCCCCCCCCCC[C@@H](O)[C@H](NC(=O)c1ccccc1)C(=O)OC. The van der Waals surface area contributed by atoms with Gasteiger partial charge in [-0.25, -0.2) is 4.79 Å². The molecule has 1 aromatic rings. The van der Waals surface area contributed by atoms with Gasteiger partial charge in [0.15, 0.2) is 6.04 Å². The van der Waals surface area contributed by atoms with Crippen LogP contribution in [0.25, 0.3) is 0 Å². The van der Waals surface area contributed by atoms with Crippen molar-refractivity contribution in [2.75, 3.05) is 7.11 Å². The topological polar surface area (TPSA) is 75.6 Å². The number of benzene rings is 1. The summed E-state index contributed by atoms with van der Waals surface area (Å²) < 4.78 is 4.78. The number of carbonyl (C=O) groups is 2. The van der Waals surface area contributed by atoms with Crippen LogP contribution in [-0.4, -0.2) is 36.2 Å². The van der Waals surface area contributed by atoms with Crippen LogP contribution in [-0.2, 0) is 9.53 Å². The third-order valence-electron chi connectivity index (χ3n) is 5.77. The maximum atomic E-state index is 12.3. The molecule has 0 radical (unpaired) electrons. The Morgan fingerprint density at radius 3 is 1.81 bits per heavy atom. The van der Waals surface area contributed by atoms with Gasteiger partial charge in [0.05, 0.1) is 13.2 Å². The van der Waals surface area contributed by atoms with Gasteiger partial charge >= 0.3 is 5.97 Å². The fourth-order valence-electron chi connectivity index (χ4n) is 3.79. The van der Waals surface area contributed by atoms with E-state index in [1.54, 1.807) is 24.3 Å².